The summed E-state index contributed by atoms with van der Waals surface area (Å²) in [5.41, 5.74) is -0.830. The third kappa shape index (κ3) is 3.51. The van der Waals surface area contributed by atoms with Crippen molar-refractivity contribution in [3.63, 3.8) is 0 Å². The summed E-state index contributed by atoms with van der Waals surface area (Å²) < 4.78 is 41.7. The number of alkyl halides is 3. The zero-order chi connectivity index (χ0) is 15.8. The third-order valence-electron chi connectivity index (χ3n) is 2.39. The van der Waals surface area contributed by atoms with Crippen LogP contribution < -0.4 is 10.3 Å². The molecular formula is C11H6BrF3N2O4. The van der Waals surface area contributed by atoms with Crippen LogP contribution >= 0.6 is 15.9 Å². The lowest BCUT2D eigenvalue weighted by atomic mass is 10.2. The fourth-order valence-corrected chi connectivity index (χ4v) is 2.01. The Labute approximate surface area is 122 Å². The van der Waals surface area contributed by atoms with E-state index in [2.05, 4.69) is 25.8 Å². The number of carbonyl (C=O) groups is 1. The van der Waals surface area contributed by atoms with E-state index in [1.165, 1.54) is 18.2 Å². The number of nitrogens with zero attached hydrogens (tertiary/aromatic N) is 2. The van der Waals surface area contributed by atoms with Crippen LogP contribution in [0.4, 0.5) is 13.2 Å². The van der Waals surface area contributed by atoms with Gasteiger partial charge in [-0.1, -0.05) is 15.9 Å². The molecule has 1 heterocycles. The van der Waals surface area contributed by atoms with Gasteiger partial charge in [-0.05, 0) is 18.2 Å². The van der Waals surface area contributed by atoms with Crippen molar-refractivity contribution in [1.29, 1.82) is 0 Å². The first-order chi connectivity index (χ1) is 9.67. The van der Waals surface area contributed by atoms with E-state index < -0.39 is 30.3 Å². The van der Waals surface area contributed by atoms with Gasteiger partial charge in [0, 0.05) is 4.47 Å². The normalized spacial score (nSPS) is 11.6. The number of carboxylic acids is 1. The van der Waals surface area contributed by atoms with Gasteiger partial charge in [-0.2, -0.15) is 0 Å². The molecule has 10 heteroatoms. The molecular weight excluding hydrogens is 361 g/mol. The van der Waals surface area contributed by atoms with Crippen LogP contribution in [-0.4, -0.2) is 27.2 Å². The molecule has 21 heavy (non-hydrogen) atoms. The Bertz CT molecular complexity index is 772. The molecule has 0 saturated heterocycles. The van der Waals surface area contributed by atoms with Crippen molar-refractivity contribution in [2.24, 2.45) is 0 Å². The summed E-state index contributed by atoms with van der Waals surface area (Å²) in [5, 5.41) is 11.7. The molecule has 0 aliphatic heterocycles. The van der Waals surface area contributed by atoms with Crippen molar-refractivity contribution in [2.45, 2.75) is 12.9 Å². The van der Waals surface area contributed by atoms with Crippen LogP contribution in [0, 0.1) is 0 Å². The first-order valence-corrected chi connectivity index (χ1v) is 6.14. The van der Waals surface area contributed by atoms with Gasteiger partial charge in [-0.15, -0.1) is 18.3 Å². The van der Waals surface area contributed by atoms with Gasteiger partial charge in [0.1, 0.15) is 6.54 Å². The van der Waals surface area contributed by atoms with Gasteiger partial charge in [0.25, 0.3) is 5.56 Å². The second kappa shape index (κ2) is 5.35. The van der Waals surface area contributed by atoms with Crippen LogP contribution in [0.15, 0.2) is 27.5 Å². The van der Waals surface area contributed by atoms with E-state index in [9.17, 15) is 22.8 Å². The zero-order valence-electron chi connectivity index (χ0n) is 10.0. The van der Waals surface area contributed by atoms with E-state index in [1.807, 2.05) is 0 Å². The highest BCUT2D eigenvalue weighted by molar-refractivity contribution is 9.10. The molecule has 0 atom stereocenters. The molecule has 0 aliphatic rings. The highest BCUT2D eigenvalue weighted by Gasteiger charge is 2.33. The molecule has 2 aromatic rings. The Kier molecular flexibility index (Phi) is 3.90. The summed E-state index contributed by atoms with van der Waals surface area (Å²) in [6, 6.07) is 3.90. The summed E-state index contributed by atoms with van der Waals surface area (Å²) in [6.45, 7) is -0.879. The molecule has 0 amide bonds. The lowest BCUT2D eigenvalue weighted by Crippen LogP contribution is -2.29. The maximum atomic E-state index is 12.4. The Morgan fingerprint density at radius 3 is 2.62 bits per heavy atom. The molecule has 0 fully saturated rings. The smallest absolute Gasteiger partial charge is 0.480 e. The predicted octanol–water partition coefficient (Wildman–Crippen LogP) is 2.14. The van der Waals surface area contributed by atoms with Gasteiger partial charge in [0.15, 0.2) is 0 Å². The Balaban J connectivity index is 2.74. The van der Waals surface area contributed by atoms with E-state index in [4.69, 9.17) is 5.11 Å². The fourth-order valence-electron chi connectivity index (χ4n) is 1.65. The van der Waals surface area contributed by atoms with E-state index in [0.717, 1.165) is 0 Å². The number of aromatic nitrogens is 2. The van der Waals surface area contributed by atoms with Crippen LogP contribution in [0.5, 0.6) is 5.88 Å². The lowest BCUT2D eigenvalue weighted by molar-refractivity contribution is -0.275. The van der Waals surface area contributed by atoms with Crippen molar-refractivity contribution in [3.05, 3.63) is 33.0 Å². The Morgan fingerprint density at radius 2 is 2.05 bits per heavy atom. The molecule has 112 valence electrons. The molecule has 0 radical (unpaired) electrons. The topological polar surface area (TPSA) is 81.4 Å². The molecule has 2 rings (SSSR count). The second-order valence-electron chi connectivity index (χ2n) is 3.90. The predicted molar refractivity (Wildman–Crippen MR) is 68.0 cm³/mol. The highest BCUT2D eigenvalue weighted by Crippen LogP contribution is 2.28. The molecule has 1 aromatic heterocycles. The monoisotopic (exact) mass is 366 g/mol. The van der Waals surface area contributed by atoms with E-state index >= 15 is 0 Å². The first-order valence-electron chi connectivity index (χ1n) is 5.35. The van der Waals surface area contributed by atoms with Crippen molar-refractivity contribution in [3.8, 4) is 5.88 Å². The summed E-state index contributed by atoms with van der Waals surface area (Å²) in [4.78, 5) is 22.7. The van der Waals surface area contributed by atoms with E-state index in [0.29, 0.717) is 9.15 Å². The average molecular weight is 367 g/mol. The van der Waals surface area contributed by atoms with Crippen LogP contribution in [0.1, 0.15) is 0 Å². The number of fused-ring (bicyclic) bond motifs is 1. The van der Waals surface area contributed by atoms with Crippen LogP contribution in [-0.2, 0) is 11.3 Å². The maximum Gasteiger partial charge on any atom is 0.574 e. The zero-order valence-corrected chi connectivity index (χ0v) is 11.6. The van der Waals surface area contributed by atoms with Gasteiger partial charge in [0.2, 0.25) is 5.88 Å². The summed E-state index contributed by atoms with van der Waals surface area (Å²) in [5.74, 6) is -2.30. The maximum absolute atomic E-state index is 12.4. The molecule has 0 bridgehead atoms. The van der Waals surface area contributed by atoms with Crippen molar-refractivity contribution < 1.29 is 27.8 Å². The number of benzene rings is 1. The standard InChI is InChI=1S/C11H6BrF3N2O4/c12-5-1-2-6-7(3-5)10(20)17(4-8(18)19)16-9(6)21-11(13,14)15/h1-3H,4H2,(H,18,19). The van der Waals surface area contributed by atoms with Gasteiger partial charge >= 0.3 is 12.3 Å². The molecule has 0 unspecified atom stereocenters. The van der Waals surface area contributed by atoms with Crippen molar-refractivity contribution >= 4 is 32.7 Å². The highest BCUT2D eigenvalue weighted by atomic mass is 79.9. The number of hydrogen-bond acceptors (Lipinski definition) is 4. The van der Waals surface area contributed by atoms with Gasteiger partial charge in [-0.3, -0.25) is 9.59 Å². The van der Waals surface area contributed by atoms with Crippen molar-refractivity contribution in [1.82, 2.24) is 9.78 Å². The number of rotatable bonds is 3. The quantitative estimate of drug-likeness (QED) is 0.899. The summed E-state index contributed by atoms with van der Waals surface area (Å²) >= 11 is 3.08. The Hall–Kier alpha value is -2.10. The molecule has 6 nitrogen and oxygen atoms in total. The number of carboxylic acid groups (broad SMARTS) is 1. The largest absolute Gasteiger partial charge is 0.574 e. The molecule has 0 aliphatic carbocycles. The van der Waals surface area contributed by atoms with Crippen LogP contribution in [0.25, 0.3) is 10.8 Å². The second-order valence-corrected chi connectivity index (χ2v) is 4.82. The average Bonchev–Trinajstić information content (AvgIpc) is 2.32. The molecule has 1 N–H and O–H groups in total. The van der Waals surface area contributed by atoms with Crippen molar-refractivity contribution in [2.75, 3.05) is 0 Å². The molecule has 0 saturated carbocycles. The lowest BCUT2D eigenvalue weighted by Gasteiger charge is -2.12. The first kappa shape index (κ1) is 15.3. The number of hydrogen-bond donors (Lipinski definition) is 1. The minimum atomic E-state index is -5.02. The number of ether oxygens (including phenoxy) is 1. The SMILES string of the molecule is O=C(O)Cn1nc(OC(F)(F)F)c2ccc(Br)cc2c1=O. The Morgan fingerprint density at radius 1 is 1.38 bits per heavy atom. The third-order valence-corrected chi connectivity index (χ3v) is 2.88. The summed E-state index contributed by atoms with van der Waals surface area (Å²) in [7, 11) is 0. The fraction of sp³-hybridized carbons (Fsp3) is 0.182. The van der Waals surface area contributed by atoms with Gasteiger partial charge < -0.3 is 9.84 Å². The number of halogens is 4. The minimum absolute atomic E-state index is 0.139. The van der Waals surface area contributed by atoms with Crippen LogP contribution in [0.2, 0.25) is 0 Å². The molecule has 0 spiro atoms. The molecule has 1 aromatic carbocycles. The van der Waals surface area contributed by atoms with Gasteiger partial charge in [0.05, 0.1) is 10.8 Å². The van der Waals surface area contributed by atoms with Crippen LogP contribution in [0.3, 0.4) is 0 Å². The van der Waals surface area contributed by atoms with Gasteiger partial charge in [-0.25, -0.2) is 4.68 Å². The van der Waals surface area contributed by atoms with E-state index in [1.54, 1.807) is 0 Å². The summed E-state index contributed by atoms with van der Waals surface area (Å²) in [6.07, 6.45) is -5.02. The van der Waals surface area contributed by atoms with E-state index in [-0.39, 0.29) is 10.8 Å². The number of aliphatic carboxylic acids is 1. The minimum Gasteiger partial charge on any atom is -0.480 e.